The molecule has 0 fully saturated rings. The molecule has 0 bridgehead atoms. The topological polar surface area (TPSA) is 48.7 Å². The van der Waals surface area contributed by atoms with Crippen LogP contribution in [-0.2, 0) is 11.3 Å². The average Bonchev–Trinajstić information content (AvgIpc) is 2.90. The number of hydrogen-bond acceptors (Lipinski definition) is 4. The molecule has 23 heavy (non-hydrogen) atoms. The molecule has 0 radical (unpaired) electrons. The van der Waals surface area contributed by atoms with Crippen molar-refractivity contribution in [3.8, 4) is 5.75 Å². The van der Waals surface area contributed by atoms with E-state index in [1.807, 2.05) is 18.2 Å². The molecule has 6 heteroatoms. The summed E-state index contributed by atoms with van der Waals surface area (Å²) in [5, 5.41) is 1.50. The molecule has 3 rings (SSSR count). The van der Waals surface area contributed by atoms with E-state index in [-0.39, 0.29) is 18.1 Å². The van der Waals surface area contributed by atoms with E-state index in [9.17, 15) is 4.79 Å². The standard InChI is InChI=1S/C17H12Cl2O4/c1-21-9-12-11-4-2-3-5-15(11)23-16(12)17(20)22-10-6-7-13(18)14(19)8-10/h2-8H,9H2,1H3. The van der Waals surface area contributed by atoms with Gasteiger partial charge >= 0.3 is 5.97 Å². The van der Waals surface area contributed by atoms with E-state index in [0.29, 0.717) is 21.2 Å². The van der Waals surface area contributed by atoms with Gasteiger partial charge in [-0.15, -0.1) is 0 Å². The Morgan fingerprint density at radius 2 is 1.91 bits per heavy atom. The number of esters is 1. The van der Waals surface area contributed by atoms with Gasteiger partial charge in [0.25, 0.3) is 0 Å². The number of fused-ring (bicyclic) bond motifs is 1. The molecule has 1 heterocycles. The van der Waals surface area contributed by atoms with Crippen LogP contribution >= 0.6 is 23.2 Å². The summed E-state index contributed by atoms with van der Waals surface area (Å²) in [5.74, 6) is -0.223. The van der Waals surface area contributed by atoms with Gasteiger partial charge in [0.05, 0.1) is 16.7 Å². The summed E-state index contributed by atoms with van der Waals surface area (Å²) in [6, 6.07) is 11.9. The lowest BCUT2D eigenvalue weighted by Gasteiger charge is -2.05. The van der Waals surface area contributed by atoms with Crippen molar-refractivity contribution in [2.24, 2.45) is 0 Å². The first-order valence-corrected chi connectivity index (χ1v) is 7.52. The average molecular weight is 351 g/mol. The first kappa shape index (κ1) is 15.9. The summed E-state index contributed by atoms with van der Waals surface area (Å²) in [6.07, 6.45) is 0. The van der Waals surface area contributed by atoms with Crippen molar-refractivity contribution in [1.29, 1.82) is 0 Å². The molecule has 0 saturated heterocycles. The molecule has 0 spiro atoms. The van der Waals surface area contributed by atoms with Crippen LogP contribution in [-0.4, -0.2) is 13.1 Å². The highest BCUT2D eigenvalue weighted by Gasteiger charge is 2.22. The molecule has 1 aromatic heterocycles. The lowest BCUT2D eigenvalue weighted by Crippen LogP contribution is -2.10. The first-order chi connectivity index (χ1) is 11.1. The quantitative estimate of drug-likeness (QED) is 0.484. The maximum atomic E-state index is 12.4. The Bertz CT molecular complexity index is 870. The second-order valence-electron chi connectivity index (χ2n) is 4.80. The maximum Gasteiger partial charge on any atom is 0.380 e. The summed E-state index contributed by atoms with van der Waals surface area (Å²) in [7, 11) is 1.55. The third kappa shape index (κ3) is 3.20. The predicted octanol–water partition coefficient (Wildman–Crippen LogP) is 5.11. The number of carbonyl (C=O) groups is 1. The lowest BCUT2D eigenvalue weighted by molar-refractivity contribution is 0.0697. The highest BCUT2D eigenvalue weighted by atomic mass is 35.5. The highest BCUT2D eigenvalue weighted by molar-refractivity contribution is 6.42. The second kappa shape index (κ2) is 6.62. The number of hydrogen-bond donors (Lipinski definition) is 0. The zero-order valence-electron chi connectivity index (χ0n) is 12.1. The zero-order valence-corrected chi connectivity index (χ0v) is 13.6. The first-order valence-electron chi connectivity index (χ1n) is 6.76. The van der Waals surface area contributed by atoms with Crippen LogP contribution < -0.4 is 4.74 Å². The van der Waals surface area contributed by atoms with Crippen molar-refractivity contribution in [1.82, 2.24) is 0 Å². The minimum absolute atomic E-state index is 0.110. The Kier molecular flexibility index (Phi) is 4.57. The minimum atomic E-state index is -0.619. The van der Waals surface area contributed by atoms with Gasteiger partial charge in [0.2, 0.25) is 5.76 Å². The van der Waals surface area contributed by atoms with E-state index < -0.39 is 5.97 Å². The van der Waals surface area contributed by atoms with E-state index in [4.69, 9.17) is 37.1 Å². The van der Waals surface area contributed by atoms with Gasteiger partial charge in [0.1, 0.15) is 11.3 Å². The molecule has 0 N–H and O–H groups in total. The Morgan fingerprint density at radius 3 is 2.65 bits per heavy atom. The van der Waals surface area contributed by atoms with Crippen molar-refractivity contribution >= 4 is 40.1 Å². The fourth-order valence-corrected chi connectivity index (χ4v) is 2.53. The van der Waals surface area contributed by atoms with Gasteiger partial charge in [-0.2, -0.15) is 0 Å². The fraction of sp³-hybridized carbons (Fsp3) is 0.118. The van der Waals surface area contributed by atoms with Crippen LogP contribution in [0.1, 0.15) is 16.1 Å². The predicted molar refractivity (Wildman–Crippen MR) is 88.3 cm³/mol. The zero-order chi connectivity index (χ0) is 16.4. The molecule has 2 aromatic carbocycles. The van der Waals surface area contributed by atoms with Crippen LogP contribution in [0.15, 0.2) is 46.9 Å². The SMILES string of the molecule is COCc1c(C(=O)Oc2ccc(Cl)c(Cl)c2)oc2ccccc12. The van der Waals surface area contributed by atoms with Crippen LogP contribution in [0.3, 0.4) is 0 Å². The molecule has 0 amide bonds. The normalized spacial score (nSPS) is 10.9. The highest BCUT2D eigenvalue weighted by Crippen LogP contribution is 2.30. The van der Waals surface area contributed by atoms with E-state index in [1.165, 1.54) is 6.07 Å². The van der Waals surface area contributed by atoms with E-state index in [0.717, 1.165) is 5.39 Å². The van der Waals surface area contributed by atoms with Crippen molar-refractivity contribution in [2.45, 2.75) is 6.61 Å². The summed E-state index contributed by atoms with van der Waals surface area (Å²) in [4.78, 5) is 12.4. The molecule has 4 nitrogen and oxygen atoms in total. The van der Waals surface area contributed by atoms with Gasteiger partial charge in [0, 0.05) is 24.1 Å². The number of benzene rings is 2. The molecule has 0 saturated carbocycles. The summed E-state index contributed by atoms with van der Waals surface area (Å²) < 4.78 is 16.1. The van der Waals surface area contributed by atoms with Crippen LogP contribution in [0.25, 0.3) is 11.0 Å². The van der Waals surface area contributed by atoms with Gasteiger partial charge < -0.3 is 13.9 Å². The van der Waals surface area contributed by atoms with Crippen molar-refractivity contribution in [2.75, 3.05) is 7.11 Å². The van der Waals surface area contributed by atoms with Crippen molar-refractivity contribution < 1.29 is 18.7 Å². The largest absolute Gasteiger partial charge is 0.449 e. The third-order valence-corrected chi connectivity index (χ3v) is 4.01. The van der Waals surface area contributed by atoms with Crippen molar-refractivity contribution in [3.05, 3.63) is 63.8 Å². The molecule has 0 atom stereocenters. The number of carbonyl (C=O) groups excluding carboxylic acids is 1. The Morgan fingerprint density at radius 1 is 1.13 bits per heavy atom. The number of halogens is 2. The summed E-state index contributed by atoms with van der Waals surface area (Å²) in [6.45, 7) is 0.239. The second-order valence-corrected chi connectivity index (χ2v) is 5.62. The molecule has 0 aliphatic rings. The van der Waals surface area contributed by atoms with E-state index >= 15 is 0 Å². The Labute approximate surface area is 142 Å². The van der Waals surface area contributed by atoms with Gasteiger partial charge in [0.15, 0.2) is 0 Å². The number of para-hydroxylation sites is 1. The van der Waals surface area contributed by atoms with Gasteiger partial charge in [-0.25, -0.2) is 4.79 Å². The Balaban J connectivity index is 1.96. The van der Waals surface area contributed by atoms with E-state index in [2.05, 4.69) is 0 Å². The number of furan rings is 1. The molecule has 118 valence electrons. The van der Waals surface area contributed by atoms with Gasteiger partial charge in [-0.1, -0.05) is 41.4 Å². The summed E-state index contributed by atoms with van der Waals surface area (Å²) in [5.41, 5.74) is 1.24. The molecule has 0 aliphatic heterocycles. The molecular formula is C17H12Cl2O4. The smallest absolute Gasteiger partial charge is 0.380 e. The third-order valence-electron chi connectivity index (χ3n) is 3.27. The maximum absolute atomic E-state index is 12.4. The number of methoxy groups -OCH3 is 1. The number of ether oxygens (including phenoxy) is 2. The van der Waals surface area contributed by atoms with Crippen molar-refractivity contribution in [3.63, 3.8) is 0 Å². The molecule has 3 aromatic rings. The molecular weight excluding hydrogens is 339 g/mol. The van der Waals surface area contributed by atoms with Crippen LogP contribution in [0.4, 0.5) is 0 Å². The Hall–Kier alpha value is -2.01. The van der Waals surface area contributed by atoms with Crippen LogP contribution in [0.5, 0.6) is 5.75 Å². The van der Waals surface area contributed by atoms with Gasteiger partial charge in [-0.05, 0) is 18.2 Å². The fourth-order valence-electron chi connectivity index (χ4n) is 2.25. The monoisotopic (exact) mass is 350 g/mol. The summed E-state index contributed by atoms with van der Waals surface area (Å²) >= 11 is 11.8. The molecule has 0 aliphatic carbocycles. The molecule has 0 unspecified atom stereocenters. The van der Waals surface area contributed by atoms with Crippen LogP contribution in [0.2, 0.25) is 10.0 Å². The van der Waals surface area contributed by atoms with E-state index in [1.54, 1.807) is 25.3 Å². The van der Waals surface area contributed by atoms with Gasteiger partial charge in [-0.3, -0.25) is 0 Å². The minimum Gasteiger partial charge on any atom is -0.449 e. The van der Waals surface area contributed by atoms with Crippen LogP contribution in [0, 0.1) is 0 Å². The lowest BCUT2D eigenvalue weighted by atomic mass is 10.1. The number of rotatable bonds is 4.